The molecule has 0 aliphatic heterocycles. The molecule has 96 valence electrons. The van der Waals surface area contributed by atoms with Gasteiger partial charge in [0.25, 0.3) is 0 Å². The Morgan fingerprint density at radius 2 is 2.33 bits per heavy atom. The van der Waals surface area contributed by atoms with E-state index in [0.29, 0.717) is 0 Å². The molecule has 0 saturated carbocycles. The minimum atomic E-state index is 0.192. The van der Waals surface area contributed by atoms with Crippen LogP contribution in [0.3, 0.4) is 0 Å². The Morgan fingerprint density at radius 3 is 3.00 bits per heavy atom. The molecule has 1 aliphatic rings. The molecule has 1 N–H and O–H groups in total. The molecule has 0 aromatic carbocycles. The van der Waals surface area contributed by atoms with E-state index in [2.05, 4.69) is 34.2 Å². The lowest BCUT2D eigenvalue weighted by Gasteiger charge is -2.13. The number of aryl methyl sites for hydroxylation is 2. The predicted molar refractivity (Wildman–Crippen MR) is 78.3 cm³/mol. The van der Waals surface area contributed by atoms with Crippen LogP contribution >= 0.6 is 27.3 Å². The van der Waals surface area contributed by atoms with Crippen molar-refractivity contribution in [3.8, 4) is 0 Å². The molecule has 1 aliphatic carbocycles. The lowest BCUT2D eigenvalue weighted by atomic mass is 10.1. The third-order valence-electron chi connectivity index (χ3n) is 3.34. The number of thiophene rings is 1. The maximum absolute atomic E-state index is 5.71. The quantitative estimate of drug-likeness (QED) is 0.907. The van der Waals surface area contributed by atoms with Crippen molar-refractivity contribution in [3.63, 3.8) is 0 Å². The average Bonchev–Trinajstić information content (AvgIpc) is 3.00. The Balaban J connectivity index is 1.93. The first-order valence-corrected chi connectivity index (χ1v) is 7.99. The summed E-state index contributed by atoms with van der Waals surface area (Å²) in [6.07, 6.45) is 3.81. The van der Waals surface area contributed by atoms with E-state index in [-0.39, 0.29) is 6.04 Å². The van der Waals surface area contributed by atoms with Crippen LogP contribution in [0, 0.1) is 0 Å². The van der Waals surface area contributed by atoms with Crippen molar-refractivity contribution >= 4 is 27.3 Å². The second-order valence-electron chi connectivity index (χ2n) is 4.58. The molecule has 2 aromatic rings. The summed E-state index contributed by atoms with van der Waals surface area (Å²) in [7, 11) is 0. The summed E-state index contributed by atoms with van der Waals surface area (Å²) in [5.74, 6) is 0.989. The maximum Gasteiger partial charge on any atom is 0.169 e. The number of hydrogen-bond donors (Lipinski definition) is 1. The molecule has 0 fully saturated rings. The molecule has 1 unspecified atom stereocenters. The highest BCUT2D eigenvalue weighted by Gasteiger charge is 2.22. The second kappa shape index (κ2) is 5.19. The Labute approximate surface area is 120 Å². The Kier molecular flexibility index (Phi) is 3.59. The van der Waals surface area contributed by atoms with Crippen molar-refractivity contribution in [1.29, 1.82) is 0 Å². The molecule has 2 heterocycles. The number of furan rings is 1. The molecule has 0 radical (unpaired) electrons. The van der Waals surface area contributed by atoms with E-state index in [0.717, 1.165) is 17.0 Å². The first-order valence-electron chi connectivity index (χ1n) is 6.38. The fraction of sp³-hybridized carbons (Fsp3) is 0.429. The Morgan fingerprint density at radius 1 is 1.44 bits per heavy atom. The van der Waals surface area contributed by atoms with Gasteiger partial charge in [0.15, 0.2) is 4.67 Å². The topological polar surface area (TPSA) is 25.2 Å². The van der Waals surface area contributed by atoms with E-state index >= 15 is 0 Å². The van der Waals surface area contributed by atoms with Crippen molar-refractivity contribution < 1.29 is 4.42 Å². The smallest absolute Gasteiger partial charge is 0.169 e. The van der Waals surface area contributed by atoms with Crippen LogP contribution in [0.4, 0.5) is 0 Å². The summed E-state index contributed by atoms with van der Waals surface area (Å²) in [4.78, 5) is 2.95. The molecule has 2 nitrogen and oxygen atoms in total. The van der Waals surface area contributed by atoms with E-state index in [1.807, 2.05) is 23.5 Å². The molecule has 4 heteroatoms. The first-order chi connectivity index (χ1) is 8.78. The van der Waals surface area contributed by atoms with Crippen LogP contribution in [0.5, 0.6) is 0 Å². The van der Waals surface area contributed by atoms with E-state index in [1.165, 1.54) is 24.1 Å². The van der Waals surface area contributed by atoms with Crippen molar-refractivity contribution in [2.24, 2.45) is 0 Å². The average molecular weight is 326 g/mol. The second-order valence-corrected chi connectivity index (χ2v) is 6.53. The molecule has 1 atom stereocenters. The zero-order valence-electron chi connectivity index (χ0n) is 10.3. The zero-order valence-corrected chi connectivity index (χ0v) is 12.7. The van der Waals surface area contributed by atoms with E-state index < -0.39 is 0 Å². The Hall–Kier alpha value is -0.580. The minimum absolute atomic E-state index is 0.192. The summed E-state index contributed by atoms with van der Waals surface area (Å²) in [5, 5.41) is 3.51. The Bertz CT molecular complexity index is 524. The van der Waals surface area contributed by atoms with Crippen LogP contribution in [-0.2, 0) is 12.8 Å². The van der Waals surface area contributed by atoms with Crippen LogP contribution in [0.25, 0.3) is 0 Å². The standard InChI is InChI=1S/C14H16BrNOS/c1-2-16-14(10-6-7-13(15)17-10)12-8-9-4-3-5-11(9)18-12/h6-8,14,16H,2-5H2,1H3. The highest BCUT2D eigenvalue weighted by Crippen LogP contribution is 2.36. The van der Waals surface area contributed by atoms with E-state index in [9.17, 15) is 0 Å². The number of hydrogen-bond acceptors (Lipinski definition) is 3. The number of rotatable bonds is 4. The molecule has 0 spiro atoms. The SMILES string of the molecule is CCNC(c1ccc(Br)o1)c1cc2c(s1)CCC2. The van der Waals surface area contributed by atoms with Crippen LogP contribution in [0.15, 0.2) is 27.3 Å². The van der Waals surface area contributed by atoms with Crippen molar-refractivity contribution in [3.05, 3.63) is 43.9 Å². The van der Waals surface area contributed by atoms with Gasteiger partial charge in [-0.15, -0.1) is 11.3 Å². The van der Waals surface area contributed by atoms with Gasteiger partial charge in [-0.05, 0) is 65.5 Å². The van der Waals surface area contributed by atoms with Crippen molar-refractivity contribution in [1.82, 2.24) is 5.32 Å². The number of fused-ring (bicyclic) bond motifs is 1. The first kappa shape index (κ1) is 12.5. The van der Waals surface area contributed by atoms with Crippen LogP contribution in [-0.4, -0.2) is 6.54 Å². The van der Waals surface area contributed by atoms with Gasteiger partial charge in [0.1, 0.15) is 11.8 Å². The maximum atomic E-state index is 5.71. The highest BCUT2D eigenvalue weighted by atomic mass is 79.9. The summed E-state index contributed by atoms with van der Waals surface area (Å²) < 4.78 is 6.51. The summed E-state index contributed by atoms with van der Waals surface area (Å²) in [5.41, 5.74) is 1.54. The largest absolute Gasteiger partial charge is 0.452 e. The minimum Gasteiger partial charge on any atom is -0.452 e. The van der Waals surface area contributed by atoms with Crippen LogP contribution < -0.4 is 5.32 Å². The van der Waals surface area contributed by atoms with E-state index in [1.54, 1.807) is 10.4 Å². The van der Waals surface area contributed by atoms with Crippen molar-refractivity contribution in [2.75, 3.05) is 6.54 Å². The van der Waals surface area contributed by atoms with E-state index in [4.69, 9.17) is 4.42 Å². The summed E-state index contributed by atoms with van der Waals surface area (Å²) >= 11 is 5.31. The lowest BCUT2D eigenvalue weighted by Crippen LogP contribution is -2.20. The highest BCUT2D eigenvalue weighted by molar-refractivity contribution is 9.10. The molecule has 0 bridgehead atoms. The number of halogens is 1. The molecule has 18 heavy (non-hydrogen) atoms. The van der Waals surface area contributed by atoms with Gasteiger partial charge < -0.3 is 9.73 Å². The van der Waals surface area contributed by atoms with Crippen molar-refractivity contribution in [2.45, 2.75) is 32.2 Å². The number of nitrogens with one attached hydrogen (secondary N) is 1. The molecular formula is C14H16BrNOS. The third-order valence-corrected chi connectivity index (χ3v) is 5.07. The molecule has 2 aromatic heterocycles. The van der Waals surface area contributed by atoms with Crippen LogP contribution in [0.2, 0.25) is 0 Å². The molecule has 0 saturated heterocycles. The molecular weight excluding hydrogens is 310 g/mol. The summed E-state index contributed by atoms with van der Waals surface area (Å²) in [6, 6.07) is 6.55. The molecule has 0 amide bonds. The third kappa shape index (κ3) is 2.29. The van der Waals surface area contributed by atoms with Crippen LogP contribution in [0.1, 0.15) is 40.5 Å². The lowest BCUT2D eigenvalue weighted by molar-refractivity contribution is 0.440. The van der Waals surface area contributed by atoms with Gasteiger partial charge in [-0.1, -0.05) is 6.92 Å². The molecule has 3 rings (SSSR count). The van der Waals surface area contributed by atoms with Gasteiger partial charge in [0.2, 0.25) is 0 Å². The predicted octanol–water partition coefficient (Wildman–Crippen LogP) is 4.29. The summed E-state index contributed by atoms with van der Waals surface area (Å²) in [6.45, 7) is 3.07. The fourth-order valence-electron chi connectivity index (χ4n) is 2.52. The van der Waals surface area contributed by atoms with Gasteiger partial charge in [-0.3, -0.25) is 0 Å². The van der Waals surface area contributed by atoms with Gasteiger partial charge >= 0.3 is 0 Å². The van der Waals surface area contributed by atoms with Gasteiger partial charge in [0, 0.05) is 9.75 Å². The van der Waals surface area contributed by atoms with Gasteiger partial charge in [0.05, 0.1) is 0 Å². The fourth-order valence-corrected chi connectivity index (χ4v) is 4.18. The normalized spacial score (nSPS) is 15.9. The monoisotopic (exact) mass is 325 g/mol. The van der Waals surface area contributed by atoms with Gasteiger partial charge in [-0.25, -0.2) is 0 Å². The van der Waals surface area contributed by atoms with Gasteiger partial charge in [-0.2, -0.15) is 0 Å². The zero-order chi connectivity index (χ0) is 12.5.